The van der Waals surface area contributed by atoms with Gasteiger partial charge in [0.15, 0.2) is 0 Å². The number of nitrogens with two attached hydrogens (primary N) is 1. The minimum atomic E-state index is 0.0892. The van der Waals surface area contributed by atoms with Crippen molar-refractivity contribution in [2.45, 2.75) is 0 Å². The Kier molecular flexibility index (Phi) is 2.28. The van der Waals surface area contributed by atoms with E-state index in [2.05, 4.69) is 5.43 Å². The largest absolute Gasteiger partial charge is 0.394 e. The van der Waals surface area contributed by atoms with Gasteiger partial charge in [0.05, 0.1) is 18.7 Å². The summed E-state index contributed by atoms with van der Waals surface area (Å²) in [4.78, 5) is 0. The molecule has 2 rings (SSSR count). The van der Waals surface area contributed by atoms with Crippen LogP contribution in [0.3, 0.4) is 0 Å². The first-order chi connectivity index (χ1) is 6.83. The Balaban J connectivity index is 2.45. The molecular weight excluding hydrogens is 178 g/mol. The van der Waals surface area contributed by atoms with Crippen molar-refractivity contribution < 1.29 is 5.11 Å². The fourth-order valence-corrected chi connectivity index (χ4v) is 1.51. The van der Waals surface area contributed by atoms with Gasteiger partial charge < -0.3 is 16.3 Å². The van der Waals surface area contributed by atoms with Crippen molar-refractivity contribution in [1.82, 2.24) is 4.68 Å². The van der Waals surface area contributed by atoms with Crippen LogP contribution in [0.1, 0.15) is 0 Å². The lowest BCUT2D eigenvalue weighted by Gasteiger charge is -2.09. The molecule has 0 bridgehead atoms. The molecule has 14 heavy (non-hydrogen) atoms. The maximum absolute atomic E-state index is 8.71. The Hall–Kier alpha value is -1.68. The maximum atomic E-state index is 8.71. The molecule has 0 aliphatic heterocycles. The van der Waals surface area contributed by atoms with E-state index in [-0.39, 0.29) is 6.61 Å². The molecule has 1 aromatic heterocycles. The molecule has 0 aliphatic rings. The number of hydrogen-bond acceptors (Lipinski definition) is 3. The molecule has 0 fully saturated rings. The predicted octanol–water partition coefficient (Wildman–Crippen LogP) is 0.759. The highest BCUT2D eigenvalue weighted by atomic mass is 16.3. The molecule has 2 aromatic rings. The van der Waals surface area contributed by atoms with Crippen LogP contribution in [0.15, 0.2) is 30.3 Å². The molecule has 0 aliphatic carbocycles. The van der Waals surface area contributed by atoms with Gasteiger partial charge in [-0.2, -0.15) is 0 Å². The van der Waals surface area contributed by atoms with Crippen molar-refractivity contribution in [1.29, 1.82) is 0 Å². The highest BCUT2D eigenvalue weighted by Gasteiger charge is 2.03. The molecule has 0 radical (unpaired) electrons. The van der Waals surface area contributed by atoms with Crippen LogP contribution in [0.25, 0.3) is 10.9 Å². The van der Waals surface area contributed by atoms with Gasteiger partial charge in [0.2, 0.25) is 0 Å². The summed E-state index contributed by atoms with van der Waals surface area (Å²) < 4.78 is 1.78. The van der Waals surface area contributed by atoms with E-state index in [1.165, 1.54) is 0 Å². The van der Waals surface area contributed by atoms with E-state index in [0.717, 1.165) is 10.9 Å². The first-order valence-corrected chi connectivity index (χ1v) is 4.53. The second-order valence-electron chi connectivity index (χ2n) is 3.10. The van der Waals surface area contributed by atoms with E-state index in [4.69, 9.17) is 10.8 Å². The molecule has 1 aromatic carbocycles. The number of anilines is 1. The molecule has 0 saturated carbocycles. The molecule has 0 amide bonds. The first kappa shape index (κ1) is 8.90. The molecule has 4 heteroatoms. The summed E-state index contributed by atoms with van der Waals surface area (Å²) in [5, 5.41) is 9.80. The monoisotopic (exact) mass is 191 g/mol. The fourth-order valence-electron chi connectivity index (χ4n) is 1.51. The van der Waals surface area contributed by atoms with Crippen LogP contribution in [0, 0.1) is 0 Å². The predicted molar refractivity (Wildman–Crippen MR) is 57.7 cm³/mol. The minimum absolute atomic E-state index is 0.0892. The third kappa shape index (κ3) is 1.40. The van der Waals surface area contributed by atoms with Crippen LogP contribution in [0.5, 0.6) is 0 Å². The molecule has 0 spiro atoms. The van der Waals surface area contributed by atoms with Crippen molar-refractivity contribution in [2.24, 2.45) is 0 Å². The Morgan fingerprint density at radius 3 is 2.93 bits per heavy atom. The van der Waals surface area contributed by atoms with E-state index in [9.17, 15) is 0 Å². The number of para-hydroxylation sites is 1. The van der Waals surface area contributed by atoms with E-state index in [1.807, 2.05) is 30.3 Å². The molecule has 0 unspecified atom stereocenters. The summed E-state index contributed by atoms with van der Waals surface area (Å²) in [6, 6.07) is 9.82. The molecule has 1 heterocycles. The second kappa shape index (κ2) is 3.59. The molecular formula is C10H13N3O. The average molecular weight is 191 g/mol. The summed E-state index contributed by atoms with van der Waals surface area (Å²) >= 11 is 0. The van der Waals surface area contributed by atoms with Crippen LogP contribution in [0.2, 0.25) is 0 Å². The number of nitrogens with zero attached hydrogens (tertiary/aromatic N) is 1. The zero-order valence-corrected chi connectivity index (χ0v) is 7.77. The van der Waals surface area contributed by atoms with Gasteiger partial charge in [-0.1, -0.05) is 18.2 Å². The summed E-state index contributed by atoms with van der Waals surface area (Å²) in [6.45, 7) is 0.578. The number of aromatic nitrogens is 1. The first-order valence-electron chi connectivity index (χ1n) is 4.53. The number of aliphatic hydroxyl groups is 1. The van der Waals surface area contributed by atoms with Gasteiger partial charge in [-0.25, -0.2) is 4.68 Å². The van der Waals surface area contributed by atoms with Crippen molar-refractivity contribution in [2.75, 3.05) is 24.3 Å². The lowest BCUT2D eigenvalue weighted by atomic mass is 10.2. The number of hydrogen-bond donors (Lipinski definition) is 3. The third-order valence-electron chi connectivity index (χ3n) is 2.12. The Bertz CT molecular complexity index is 436. The Labute approximate surface area is 81.9 Å². The zero-order valence-electron chi connectivity index (χ0n) is 7.77. The van der Waals surface area contributed by atoms with Crippen LogP contribution in [-0.2, 0) is 0 Å². The lowest BCUT2D eigenvalue weighted by Crippen LogP contribution is -2.19. The molecule has 74 valence electrons. The van der Waals surface area contributed by atoms with E-state index in [1.54, 1.807) is 4.68 Å². The zero-order chi connectivity index (χ0) is 9.97. The van der Waals surface area contributed by atoms with Crippen molar-refractivity contribution in [3.05, 3.63) is 30.3 Å². The minimum Gasteiger partial charge on any atom is -0.394 e. The van der Waals surface area contributed by atoms with Gasteiger partial charge in [-0.15, -0.1) is 0 Å². The van der Waals surface area contributed by atoms with Crippen molar-refractivity contribution >= 4 is 16.7 Å². The van der Waals surface area contributed by atoms with Gasteiger partial charge in [0.25, 0.3) is 0 Å². The number of nitrogen functional groups attached to an aromatic ring is 1. The van der Waals surface area contributed by atoms with Gasteiger partial charge in [0, 0.05) is 5.39 Å². The van der Waals surface area contributed by atoms with Gasteiger partial charge in [-0.05, 0) is 12.1 Å². The van der Waals surface area contributed by atoms with Crippen LogP contribution >= 0.6 is 0 Å². The van der Waals surface area contributed by atoms with E-state index >= 15 is 0 Å². The summed E-state index contributed by atoms with van der Waals surface area (Å²) in [5.41, 5.74) is 9.87. The smallest absolute Gasteiger partial charge is 0.123 e. The van der Waals surface area contributed by atoms with Crippen molar-refractivity contribution in [3.63, 3.8) is 0 Å². The van der Waals surface area contributed by atoms with Gasteiger partial charge >= 0.3 is 0 Å². The molecule has 0 atom stereocenters. The number of fused-ring (bicyclic) bond motifs is 1. The Morgan fingerprint density at radius 2 is 2.14 bits per heavy atom. The second-order valence-corrected chi connectivity index (χ2v) is 3.10. The number of nitrogens with one attached hydrogen (secondary N) is 1. The van der Waals surface area contributed by atoms with Crippen molar-refractivity contribution in [3.8, 4) is 0 Å². The van der Waals surface area contributed by atoms with E-state index in [0.29, 0.717) is 12.4 Å². The molecule has 0 saturated heterocycles. The average Bonchev–Trinajstić information content (AvgIpc) is 2.51. The fraction of sp³-hybridized carbons (Fsp3) is 0.200. The van der Waals surface area contributed by atoms with Crippen LogP contribution < -0.4 is 11.2 Å². The quantitative estimate of drug-likeness (QED) is 0.671. The number of benzene rings is 1. The summed E-state index contributed by atoms with van der Waals surface area (Å²) in [5.74, 6) is 0.652. The number of rotatable bonds is 3. The molecule has 4 N–H and O–H groups in total. The van der Waals surface area contributed by atoms with Crippen LogP contribution in [0.4, 0.5) is 5.82 Å². The topological polar surface area (TPSA) is 63.2 Å². The van der Waals surface area contributed by atoms with E-state index < -0.39 is 0 Å². The number of aliphatic hydroxyl groups excluding tert-OH is 1. The SMILES string of the molecule is Nc1cc2ccccc2n1NCCO. The summed E-state index contributed by atoms with van der Waals surface area (Å²) in [6.07, 6.45) is 0. The molecule has 4 nitrogen and oxygen atoms in total. The third-order valence-corrected chi connectivity index (χ3v) is 2.12. The highest BCUT2D eigenvalue weighted by Crippen LogP contribution is 2.19. The Morgan fingerprint density at radius 1 is 1.36 bits per heavy atom. The lowest BCUT2D eigenvalue weighted by molar-refractivity contribution is 0.307. The normalized spacial score (nSPS) is 10.6. The van der Waals surface area contributed by atoms with Gasteiger partial charge in [0.1, 0.15) is 5.82 Å². The standard InChI is InChI=1S/C10H13N3O/c11-10-7-8-3-1-2-4-9(8)13(10)12-5-6-14/h1-4,7,12,14H,5-6,11H2. The maximum Gasteiger partial charge on any atom is 0.123 e. The van der Waals surface area contributed by atoms with Crippen LogP contribution in [-0.4, -0.2) is 22.9 Å². The summed E-state index contributed by atoms with van der Waals surface area (Å²) in [7, 11) is 0. The van der Waals surface area contributed by atoms with Gasteiger partial charge in [-0.3, -0.25) is 0 Å². The highest BCUT2D eigenvalue weighted by molar-refractivity contribution is 5.84.